The second kappa shape index (κ2) is 4.27. The summed E-state index contributed by atoms with van der Waals surface area (Å²) in [5, 5.41) is 0. The predicted octanol–water partition coefficient (Wildman–Crippen LogP) is 2.80. The highest BCUT2D eigenvalue weighted by atomic mass is 14.7. The Bertz CT molecular complexity index is 133. The van der Waals surface area contributed by atoms with E-state index in [1.807, 2.05) is 0 Å². The van der Waals surface area contributed by atoms with Crippen molar-refractivity contribution in [2.24, 2.45) is 23.5 Å². The SMILES string of the molecule is CCC(C)C1CCC(N)C(C)C1. The van der Waals surface area contributed by atoms with Crippen molar-refractivity contribution in [2.75, 3.05) is 0 Å². The maximum Gasteiger partial charge on any atom is 0.00647 e. The van der Waals surface area contributed by atoms with E-state index in [1.54, 1.807) is 0 Å². The first-order chi connectivity index (χ1) is 5.65. The van der Waals surface area contributed by atoms with Crippen LogP contribution in [-0.2, 0) is 0 Å². The molecule has 1 nitrogen and oxygen atoms in total. The van der Waals surface area contributed by atoms with Gasteiger partial charge < -0.3 is 5.73 Å². The molecule has 4 atom stereocenters. The second-order valence-corrected chi connectivity index (χ2v) is 4.60. The predicted molar refractivity (Wildman–Crippen MR) is 53.9 cm³/mol. The topological polar surface area (TPSA) is 26.0 Å². The third-order valence-corrected chi connectivity index (χ3v) is 3.72. The Morgan fingerprint density at radius 1 is 1.42 bits per heavy atom. The van der Waals surface area contributed by atoms with Gasteiger partial charge in [0.25, 0.3) is 0 Å². The van der Waals surface area contributed by atoms with Gasteiger partial charge in [-0.25, -0.2) is 0 Å². The highest BCUT2D eigenvalue weighted by Crippen LogP contribution is 2.33. The Kier molecular flexibility index (Phi) is 3.57. The van der Waals surface area contributed by atoms with E-state index < -0.39 is 0 Å². The zero-order chi connectivity index (χ0) is 9.14. The Morgan fingerprint density at radius 3 is 2.58 bits per heavy atom. The van der Waals surface area contributed by atoms with Crippen molar-refractivity contribution in [1.29, 1.82) is 0 Å². The van der Waals surface area contributed by atoms with Crippen LogP contribution in [0.3, 0.4) is 0 Å². The maximum atomic E-state index is 5.98. The van der Waals surface area contributed by atoms with Gasteiger partial charge in [0.15, 0.2) is 0 Å². The smallest absolute Gasteiger partial charge is 0.00647 e. The van der Waals surface area contributed by atoms with Gasteiger partial charge in [0.05, 0.1) is 0 Å². The fourth-order valence-electron chi connectivity index (χ4n) is 2.31. The van der Waals surface area contributed by atoms with Gasteiger partial charge in [-0.05, 0) is 37.0 Å². The van der Waals surface area contributed by atoms with Crippen LogP contribution in [0.1, 0.15) is 46.5 Å². The van der Waals surface area contributed by atoms with Crippen LogP contribution < -0.4 is 5.73 Å². The van der Waals surface area contributed by atoms with E-state index in [1.165, 1.54) is 25.7 Å². The van der Waals surface area contributed by atoms with E-state index in [4.69, 9.17) is 5.73 Å². The number of hydrogen-bond donors (Lipinski definition) is 1. The van der Waals surface area contributed by atoms with E-state index in [0.29, 0.717) is 6.04 Å². The summed E-state index contributed by atoms with van der Waals surface area (Å²) in [5.74, 6) is 2.60. The third-order valence-electron chi connectivity index (χ3n) is 3.72. The summed E-state index contributed by atoms with van der Waals surface area (Å²) in [5.41, 5.74) is 5.98. The molecule has 0 saturated heterocycles. The first-order valence-electron chi connectivity index (χ1n) is 5.40. The minimum atomic E-state index is 0.477. The first kappa shape index (κ1) is 10.0. The Balaban J connectivity index is 2.39. The van der Waals surface area contributed by atoms with Crippen LogP contribution in [0.5, 0.6) is 0 Å². The molecule has 12 heavy (non-hydrogen) atoms. The molecule has 1 aliphatic carbocycles. The number of rotatable bonds is 2. The molecule has 0 heterocycles. The van der Waals surface area contributed by atoms with Crippen molar-refractivity contribution in [2.45, 2.75) is 52.5 Å². The van der Waals surface area contributed by atoms with Crippen LogP contribution in [0.15, 0.2) is 0 Å². The van der Waals surface area contributed by atoms with Gasteiger partial charge in [-0.3, -0.25) is 0 Å². The minimum absolute atomic E-state index is 0.477. The summed E-state index contributed by atoms with van der Waals surface area (Å²) in [6.07, 6.45) is 5.29. The van der Waals surface area contributed by atoms with Crippen molar-refractivity contribution in [1.82, 2.24) is 0 Å². The van der Waals surface area contributed by atoms with Crippen molar-refractivity contribution >= 4 is 0 Å². The largest absolute Gasteiger partial charge is 0.327 e. The summed E-state index contributed by atoms with van der Waals surface area (Å²) < 4.78 is 0. The van der Waals surface area contributed by atoms with Crippen LogP contribution in [0.4, 0.5) is 0 Å². The zero-order valence-corrected chi connectivity index (χ0v) is 8.72. The molecule has 0 amide bonds. The first-order valence-corrected chi connectivity index (χ1v) is 5.40. The molecule has 1 fully saturated rings. The molecule has 1 rings (SSSR count). The average Bonchev–Trinajstić information content (AvgIpc) is 2.08. The van der Waals surface area contributed by atoms with Crippen LogP contribution in [0.25, 0.3) is 0 Å². The lowest BCUT2D eigenvalue weighted by Gasteiger charge is -2.34. The van der Waals surface area contributed by atoms with E-state index in [2.05, 4.69) is 20.8 Å². The molecular formula is C11H23N. The van der Waals surface area contributed by atoms with Crippen LogP contribution in [-0.4, -0.2) is 6.04 Å². The van der Waals surface area contributed by atoms with E-state index in [-0.39, 0.29) is 0 Å². The molecule has 0 aromatic heterocycles. The lowest BCUT2D eigenvalue weighted by Crippen LogP contribution is -2.36. The molecule has 0 aromatic carbocycles. The average molecular weight is 169 g/mol. The number of nitrogens with two attached hydrogens (primary N) is 1. The molecule has 0 radical (unpaired) electrons. The van der Waals surface area contributed by atoms with Crippen LogP contribution in [0, 0.1) is 17.8 Å². The monoisotopic (exact) mass is 169 g/mol. The zero-order valence-electron chi connectivity index (χ0n) is 8.72. The van der Waals surface area contributed by atoms with Crippen molar-refractivity contribution in [3.63, 3.8) is 0 Å². The van der Waals surface area contributed by atoms with Crippen LogP contribution in [0.2, 0.25) is 0 Å². The molecule has 1 aliphatic rings. The molecule has 0 aliphatic heterocycles. The van der Waals surface area contributed by atoms with Crippen molar-refractivity contribution < 1.29 is 0 Å². The maximum absolute atomic E-state index is 5.98. The van der Waals surface area contributed by atoms with Gasteiger partial charge in [-0.1, -0.05) is 27.2 Å². The summed E-state index contributed by atoms with van der Waals surface area (Å²) in [6.45, 7) is 6.98. The van der Waals surface area contributed by atoms with Gasteiger partial charge >= 0.3 is 0 Å². The molecule has 72 valence electrons. The van der Waals surface area contributed by atoms with Gasteiger partial charge in [-0.2, -0.15) is 0 Å². The summed E-state index contributed by atoms with van der Waals surface area (Å²) in [4.78, 5) is 0. The molecular weight excluding hydrogens is 146 g/mol. The number of hydrogen-bond acceptors (Lipinski definition) is 1. The molecule has 1 saturated carbocycles. The molecule has 1 heteroatoms. The lowest BCUT2D eigenvalue weighted by molar-refractivity contribution is 0.190. The molecule has 0 aromatic rings. The van der Waals surface area contributed by atoms with E-state index in [0.717, 1.165) is 17.8 Å². The Morgan fingerprint density at radius 2 is 2.08 bits per heavy atom. The van der Waals surface area contributed by atoms with Crippen LogP contribution >= 0.6 is 0 Å². The van der Waals surface area contributed by atoms with Gasteiger partial charge in [0.2, 0.25) is 0 Å². The van der Waals surface area contributed by atoms with Crippen molar-refractivity contribution in [3.8, 4) is 0 Å². The Hall–Kier alpha value is -0.0400. The summed E-state index contributed by atoms with van der Waals surface area (Å²) >= 11 is 0. The van der Waals surface area contributed by atoms with E-state index >= 15 is 0 Å². The molecule has 0 spiro atoms. The summed E-state index contributed by atoms with van der Waals surface area (Å²) in [6, 6.07) is 0.477. The van der Waals surface area contributed by atoms with Gasteiger partial charge in [-0.15, -0.1) is 0 Å². The highest BCUT2D eigenvalue weighted by molar-refractivity contribution is 4.81. The van der Waals surface area contributed by atoms with Crippen molar-refractivity contribution in [3.05, 3.63) is 0 Å². The molecule has 2 N–H and O–H groups in total. The minimum Gasteiger partial charge on any atom is -0.327 e. The second-order valence-electron chi connectivity index (χ2n) is 4.60. The third kappa shape index (κ3) is 2.22. The highest BCUT2D eigenvalue weighted by Gasteiger charge is 2.27. The molecule has 4 unspecified atom stereocenters. The Labute approximate surface area is 76.7 Å². The fourth-order valence-corrected chi connectivity index (χ4v) is 2.31. The quantitative estimate of drug-likeness (QED) is 0.676. The van der Waals surface area contributed by atoms with Gasteiger partial charge in [0.1, 0.15) is 0 Å². The molecule has 0 bridgehead atoms. The van der Waals surface area contributed by atoms with E-state index in [9.17, 15) is 0 Å². The fraction of sp³-hybridized carbons (Fsp3) is 1.00. The standard InChI is InChI=1S/C11H23N/c1-4-8(2)10-5-6-11(12)9(3)7-10/h8-11H,4-7,12H2,1-3H3. The van der Waals surface area contributed by atoms with Gasteiger partial charge in [0, 0.05) is 6.04 Å². The summed E-state index contributed by atoms with van der Waals surface area (Å²) in [7, 11) is 0. The normalized spacial score (nSPS) is 39.5. The lowest BCUT2D eigenvalue weighted by atomic mass is 9.73.